The van der Waals surface area contributed by atoms with Crippen molar-refractivity contribution in [3.05, 3.63) is 22.4 Å². The summed E-state index contributed by atoms with van der Waals surface area (Å²) in [5, 5.41) is 11.0. The van der Waals surface area contributed by atoms with Crippen molar-refractivity contribution in [3.63, 3.8) is 0 Å². The Kier molecular flexibility index (Phi) is 4.15. The molecular weight excluding hydrogens is 236 g/mol. The van der Waals surface area contributed by atoms with Crippen molar-refractivity contribution in [2.45, 2.75) is 31.3 Å². The van der Waals surface area contributed by atoms with Crippen LogP contribution in [0.3, 0.4) is 0 Å². The van der Waals surface area contributed by atoms with Gasteiger partial charge >= 0.3 is 5.97 Å². The van der Waals surface area contributed by atoms with Gasteiger partial charge in [-0.1, -0.05) is 6.07 Å². The first-order chi connectivity index (χ1) is 8.18. The SMILES string of the molecule is N[C@@H](C[C@@H](c1cccs1)N1CCCC1)C(=O)O. The van der Waals surface area contributed by atoms with Crippen LogP contribution < -0.4 is 5.73 Å². The molecule has 5 heteroatoms. The number of rotatable bonds is 5. The quantitative estimate of drug-likeness (QED) is 0.839. The van der Waals surface area contributed by atoms with Gasteiger partial charge in [0.2, 0.25) is 0 Å². The molecule has 0 radical (unpaired) electrons. The Morgan fingerprint density at radius 2 is 2.24 bits per heavy atom. The number of hydrogen-bond acceptors (Lipinski definition) is 4. The second-order valence-corrected chi connectivity index (χ2v) is 5.43. The minimum atomic E-state index is -0.911. The van der Waals surface area contributed by atoms with Crippen molar-refractivity contribution >= 4 is 17.3 Å². The predicted molar refractivity (Wildman–Crippen MR) is 68.1 cm³/mol. The summed E-state index contributed by atoms with van der Waals surface area (Å²) in [6, 6.07) is 3.48. The molecule has 2 atom stereocenters. The number of carboxylic acids is 1. The minimum absolute atomic E-state index is 0.170. The van der Waals surface area contributed by atoms with Gasteiger partial charge in [0.15, 0.2) is 0 Å². The fourth-order valence-corrected chi connectivity index (χ4v) is 3.19. The van der Waals surface area contributed by atoms with Crippen molar-refractivity contribution in [2.75, 3.05) is 13.1 Å². The van der Waals surface area contributed by atoms with E-state index in [4.69, 9.17) is 10.8 Å². The van der Waals surface area contributed by atoms with E-state index in [1.807, 2.05) is 11.4 Å². The molecule has 1 aliphatic heterocycles. The lowest BCUT2D eigenvalue weighted by atomic mass is 10.1. The van der Waals surface area contributed by atoms with Gasteiger partial charge in [-0.15, -0.1) is 11.3 Å². The Hall–Kier alpha value is -0.910. The summed E-state index contributed by atoms with van der Waals surface area (Å²) >= 11 is 1.68. The molecule has 0 spiro atoms. The van der Waals surface area contributed by atoms with Crippen molar-refractivity contribution in [2.24, 2.45) is 5.73 Å². The summed E-state index contributed by atoms with van der Waals surface area (Å²) in [7, 11) is 0. The molecule has 0 unspecified atom stereocenters. The van der Waals surface area contributed by atoms with Crippen LogP contribution in [-0.4, -0.2) is 35.1 Å². The second kappa shape index (κ2) is 5.62. The van der Waals surface area contributed by atoms with E-state index in [2.05, 4.69) is 11.0 Å². The van der Waals surface area contributed by atoms with E-state index in [1.165, 1.54) is 17.7 Å². The Morgan fingerprint density at radius 3 is 2.76 bits per heavy atom. The van der Waals surface area contributed by atoms with E-state index >= 15 is 0 Å². The van der Waals surface area contributed by atoms with Gasteiger partial charge in [0.25, 0.3) is 0 Å². The Balaban J connectivity index is 2.09. The molecule has 0 aliphatic carbocycles. The van der Waals surface area contributed by atoms with Crippen molar-refractivity contribution < 1.29 is 9.90 Å². The largest absolute Gasteiger partial charge is 0.480 e. The van der Waals surface area contributed by atoms with Gasteiger partial charge in [-0.3, -0.25) is 9.69 Å². The number of nitrogens with zero attached hydrogens (tertiary/aromatic N) is 1. The Morgan fingerprint density at radius 1 is 1.53 bits per heavy atom. The fourth-order valence-electron chi connectivity index (χ4n) is 2.32. The van der Waals surface area contributed by atoms with Crippen molar-refractivity contribution in [1.29, 1.82) is 0 Å². The average Bonchev–Trinajstić information content (AvgIpc) is 2.98. The number of nitrogens with two attached hydrogens (primary N) is 1. The molecule has 17 heavy (non-hydrogen) atoms. The van der Waals surface area contributed by atoms with Crippen LogP contribution in [0, 0.1) is 0 Å². The maximum Gasteiger partial charge on any atom is 0.320 e. The standard InChI is InChI=1S/C12H18N2O2S/c13-9(12(15)16)8-10(11-4-3-7-17-11)14-5-1-2-6-14/h3-4,7,9-10H,1-2,5-6,8,13H2,(H,15,16)/t9-,10-/m0/s1. The molecule has 1 aromatic rings. The average molecular weight is 254 g/mol. The van der Waals surface area contributed by atoms with Gasteiger partial charge < -0.3 is 10.8 Å². The van der Waals surface area contributed by atoms with E-state index in [0.717, 1.165) is 13.1 Å². The third kappa shape index (κ3) is 3.06. The summed E-state index contributed by atoms with van der Waals surface area (Å²) in [6.45, 7) is 2.10. The summed E-state index contributed by atoms with van der Waals surface area (Å²) in [4.78, 5) is 14.5. The highest BCUT2D eigenvalue weighted by molar-refractivity contribution is 7.10. The van der Waals surface area contributed by atoms with Crippen molar-refractivity contribution in [1.82, 2.24) is 4.90 Å². The molecule has 1 aliphatic rings. The molecule has 1 aromatic heterocycles. The van der Waals surface area contributed by atoms with Gasteiger partial charge in [-0.25, -0.2) is 0 Å². The first-order valence-electron chi connectivity index (χ1n) is 5.94. The highest BCUT2D eigenvalue weighted by Gasteiger charge is 2.28. The van der Waals surface area contributed by atoms with Crippen LogP contribution in [0.25, 0.3) is 0 Å². The molecule has 0 amide bonds. The zero-order valence-corrected chi connectivity index (χ0v) is 10.5. The lowest BCUT2D eigenvalue weighted by Gasteiger charge is -2.27. The number of carbonyl (C=O) groups is 1. The molecule has 0 saturated carbocycles. The fraction of sp³-hybridized carbons (Fsp3) is 0.583. The number of hydrogen-bond donors (Lipinski definition) is 2. The van der Waals surface area contributed by atoms with E-state index < -0.39 is 12.0 Å². The molecule has 94 valence electrons. The van der Waals surface area contributed by atoms with Gasteiger partial charge in [0.05, 0.1) is 0 Å². The van der Waals surface area contributed by atoms with Crippen LogP contribution in [0.4, 0.5) is 0 Å². The van der Waals surface area contributed by atoms with Crippen LogP contribution in [0.5, 0.6) is 0 Å². The van der Waals surface area contributed by atoms with Crippen LogP contribution in [-0.2, 0) is 4.79 Å². The molecular formula is C12H18N2O2S. The maximum absolute atomic E-state index is 10.9. The van der Waals surface area contributed by atoms with Crippen LogP contribution in [0.1, 0.15) is 30.2 Å². The van der Waals surface area contributed by atoms with Gasteiger partial charge in [0, 0.05) is 10.9 Å². The minimum Gasteiger partial charge on any atom is -0.480 e. The third-order valence-corrected chi connectivity index (χ3v) is 4.22. The van der Waals surface area contributed by atoms with Gasteiger partial charge in [-0.05, 0) is 43.8 Å². The summed E-state index contributed by atoms with van der Waals surface area (Å²) in [6.07, 6.45) is 2.89. The Labute approximate surface area is 105 Å². The summed E-state index contributed by atoms with van der Waals surface area (Å²) in [5.74, 6) is -0.911. The first kappa shape index (κ1) is 12.5. The zero-order valence-electron chi connectivity index (χ0n) is 9.71. The number of carboxylic acid groups (broad SMARTS) is 1. The van der Waals surface area contributed by atoms with E-state index in [9.17, 15) is 4.79 Å². The second-order valence-electron chi connectivity index (χ2n) is 4.45. The van der Waals surface area contributed by atoms with Crippen molar-refractivity contribution in [3.8, 4) is 0 Å². The monoisotopic (exact) mass is 254 g/mol. The first-order valence-corrected chi connectivity index (χ1v) is 6.82. The predicted octanol–water partition coefficient (Wildman–Crippen LogP) is 1.69. The molecule has 1 saturated heterocycles. The van der Waals surface area contributed by atoms with Gasteiger partial charge in [0.1, 0.15) is 6.04 Å². The van der Waals surface area contributed by atoms with Gasteiger partial charge in [-0.2, -0.15) is 0 Å². The molecule has 0 aromatic carbocycles. The zero-order chi connectivity index (χ0) is 12.3. The normalized spacial score (nSPS) is 20.3. The summed E-state index contributed by atoms with van der Waals surface area (Å²) in [5.41, 5.74) is 5.67. The number of thiophene rings is 1. The highest BCUT2D eigenvalue weighted by Crippen LogP contribution is 2.31. The maximum atomic E-state index is 10.9. The molecule has 1 fully saturated rings. The lowest BCUT2D eigenvalue weighted by Crippen LogP contribution is -2.36. The van der Waals surface area contributed by atoms with Crippen LogP contribution >= 0.6 is 11.3 Å². The summed E-state index contributed by atoms with van der Waals surface area (Å²) < 4.78 is 0. The molecule has 2 rings (SSSR count). The number of aliphatic carboxylic acids is 1. The van der Waals surface area contributed by atoms with Crippen LogP contribution in [0.15, 0.2) is 17.5 Å². The van der Waals surface area contributed by atoms with E-state index in [0.29, 0.717) is 6.42 Å². The lowest BCUT2D eigenvalue weighted by molar-refractivity contribution is -0.139. The molecule has 4 nitrogen and oxygen atoms in total. The Bertz CT molecular complexity index is 361. The smallest absolute Gasteiger partial charge is 0.320 e. The topological polar surface area (TPSA) is 66.6 Å². The van der Waals surface area contributed by atoms with E-state index in [1.54, 1.807) is 11.3 Å². The highest BCUT2D eigenvalue weighted by atomic mass is 32.1. The van der Waals surface area contributed by atoms with Crippen LogP contribution in [0.2, 0.25) is 0 Å². The third-order valence-electron chi connectivity index (χ3n) is 3.25. The molecule has 0 bridgehead atoms. The number of likely N-dealkylation sites (tertiary alicyclic amines) is 1. The van der Waals surface area contributed by atoms with E-state index in [-0.39, 0.29) is 6.04 Å². The molecule has 2 heterocycles. The molecule has 3 N–H and O–H groups in total.